The lowest BCUT2D eigenvalue weighted by atomic mass is 9.99. The minimum absolute atomic E-state index is 0.145. The van der Waals surface area contributed by atoms with E-state index in [0.717, 1.165) is 5.56 Å². The lowest BCUT2D eigenvalue weighted by molar-refractivity contribution is -0.142. The molecule has 1 saturated heterocycles. The van der Waals surface area contributed by atoms with Gasteiger partial charge in [-0.3, -0.25) is 4.79 Å². The van der Waals surface area contributed by atoms with Gasteiger partial charge in [-0.1, -0.05) is 37.3 Å². The van der Waals surface area contributed by atoms with Gasteiger partial charge in [0, 0.05) is 18.2 Å². The van der Waals surface area contributed by atoms with E-state index in [0.29, 0.717) is 24.2 Å². The maximum atomic E-state index is 13.2. The molecule has 2 atom stereocenters. The van der Waals surface area contributed by atoms with Crippen LogP contribution in [0.15, 0.2) is 53.4 Å². The molecule has 27 heavy (non-hydrogen) atoms. The molecular formula is C20H23NO5S. The normalized spacial score (nSPS) is 20.5. The molecule has 2 aromatic rings. The fraction of sp³-hybridized carbons (Fsp3) is 0.350. The third-order valence-corrected chi connectivity index (χ3v) is 7.01. The first-order chi connectivity index (χ1) is 12.9. The maximum Gasteiger partial charge on any atom is 0.308 e. The quantitative estimate of drug-likeness (QED) is 0.820. The number of benzene rings is 2. The average Bonchev–Trinajstić information content (AvgIpc) is 3.13. The van der Waals surface area contributed by atoms with Gasteiger partial charge >= 0.3 is 5.97 Å². The number of methoxy groups -OCH3 is 1. The summed E-state index contributed by atoms with van der Waals surface area (Å²) in [6.45, 7) is 2.03. The van der Waals surface area contributed by atoms with Gasteiger partial charge in [0.05, 0.1) is 17.9 Å². The highest BCUT2D eigenvalue weighted by molar-refractivity contribution is 7.89. The molecule has 0 bridgehead atoms. The van der Waals surface area contributed by atoms with Gasteiger partial charge in [0.2, 0.25) is 10.0 Å². The van der Waals surface area contributed by atoms with E-state index in [2.05, 4.69) is 0 Å². The zero-order valence-electron chi connectivity index (χ0n) is 15.3. The molecule has 3 rings (SSSR count). The van der Waals surface area contributed by atoms with Gasteiger partial charge in [-0.15, -0.1) is 0 Å². The Bertz CT molecular complexity index is 927. The van der Waals surface area contributed by atoms with E-state index in [1.165, 1.54) is 10.4 Å². The zero-order valence-corrected chi connectivity index (χ0v) is 16.1. The SMILES string of the molecule is CCC1C(C(=O)O)CCN1S(=O)(=O)c1ccc(OC)c(-c2ccccc2)c1. The summed E-state index contributed by atoms with van der Waals surface area (Å²) < 4.78 is 33.2. The monoisotopic (exact) mass is 389 g/mol. The van der Waals surface area contributed by atoms with Crippen LogP contribution in [0.25, 0.3) is 11.1 Å². The summed E-state index contributed by atoms with van der Waals surface area (Å²) in [4.78, 5) is 11.6. The van der Waals surface area contributed by atoms with Gasteiger partial charge in [-0.25, -0.2) is 8.42 Å². The van der Waals surface area contributed by atoms with Gasteiger partial charge in [0.1, 0.15) is 5.75 Å². The first-order valence-electron chi connectivity index (χ1n) is 8.88. The number of hydrogen-bond acceptors (Lipinski definition) is 4. The van der Waals surface area contributed by atoms with E-state index in [-0.39, 0.29) is 11.4 Å². The Balaban J connectivity index is 2.04. The maximum absolute atomic E-state index is 13.2. The Morgan fingerprint density at radius 1 is 1.22 bits per heavy atom. The highest BCUT2D eigenvalue weighted by Crippen LogP contribution is 2.36. The Morgan fingerprint density at radius 2 is 1.93 bits per heavy atom. The molecule has 0 aromatic heterocycles. The van der Waals surface area contributed by atoms with E-state index in [4.69, 9.17) is 4.74 Å². The third kappa shape index (κ3) is 3.57. The van der Waals surface area contributed by atoms with Crippen molar-refractivity contribution in [1.29, 1.82) is 0 Å². The van der Waals surface area contributed by atoms with Gasteiger partial charge < -0.3 is 9.84 Å². The fourth-order valence-corrected chi connectivity index (χ4v) is 5.50. The molecule has 1 aliphatic rings. The summed E-state index contributed by atoms with van der Waals surface area (Å²) in [5.41, 5.74) is 1.53. The van der Waals surface area contributed by atoms with E-state index in [9.17, 15) is 18.3 Å². The van der Waals surface area contributed by atoms with Crippen LogP contribution in [0.5, 0.6) is 5.75 Å². The number of ether oxygens (including phenoxy) is 1. The van der Waals surface area contributed by atoms with E-state index >= 15 is 0 Å². The Labute approximate surface area is 159 Å². The zero-order chi connectivity index (χ0) is 19.6. The highest BCUT2D eigenvalue weighted by Gasteiger charge is 2.43. The van der Waals surface area contributed by atoms with Crippen LogP contribution in [0.3, 0.4) is 0 Å². The first-order valence-corrected chi connectivity index (χ1v) is 10.3. The van der Waals surface area contributed by atoms with Crippen LogP contribution in [0.2, 0.25) is 0 Å². The van der Waals surface area contributed by atoms with Gasteiger partial charge in [-0.2, -0.15) is 4.31 Å². The van der Waals surface area contributed by atoms with Crippen molar-refractivity contribution in [3.05, 3.63) is 48.5 Å². The summed E-state index contributed by atoms with van der Waals surface area (Å²) >= 11 is 0. The van der Waals surface area contributed by atoms with Crippen LogP contribution in [0.1, 0.15) is 19.8 Å². The number of sulfonamides is 1. The predicted molar refractivity (Wildman–Crippen MR) is 102 cm³/mol. The Kier molecular flexibility index (Phi) is 5.53. The lowest BCUT2D eigenvalue weighted by Crippen LogP contribution is -2.39. The summed E-state index contributed by atoms with van der Waals surface area (Å²) in [5.74, 6) is -1.03. The molecule has 7 heteroatoms. The Hall–Kier alpha value is -2.38. The van der Waals surface area contributed by atoms with E-state index < -0.39 is 28.0 Å². The molecule has 1 heterocycles. The lowest BCUT2D eigenvalue weighted by Gasteiger charge is -2.25. The van der Waals surface area contributed by atoms with Crippen molar-refractivity contribution in [2.75, 3.05) is 13.7 Å². The molecule has 144 valence electrons. The second kappa shape index (κ2) is 7.70. The van der Waals surface area contributed by atoms with Gasteiger partial charge in [-0.05, 0) is 36.6 Å². The number of nitrogens with zero attached hydrogens (tertiary/aromatic N) is 1. The number of rotatable bonds is 6. The smallest absolute Gasteiger partial charge is 0.308 e. The third-order valence-electron chi connectivity index (χ3n) is 5.09. The molecule has 0 radical (unpaired) electrons. The van der Waals surface area contributed by atoms with Crippen molar-refractivity contribution < 1.29 is 23.1 Å². The van der Waals surface area contributed by atoms with Crippen LogP contribution < -0.4 is 4.74 Å². The molecule has 0 spiro atoms. The van der Waals surface area contributed by atoms with Crippen LogP contribution in [0.4, 0.5) is 0 Å². The van der Waals surface area contributed by atoms with Crippen molar-refractivity contribution in [2.45, 2.75) is 30.7 Å². The predicted octanol–water partition coefficient (Wildman–Crippen LogP) is 3.24. The summed E-state index contributed by atoms with van der Waals surface area (Å²) in [6, 6.07) is 13.6. The van der Waals surface area contributed by atoms with Crippen LogP contribution >= 0.6 is 0 Å². The standard InChI is InChI=1S/C20H23NO5S/c1-3-18-16(20(22)23)11-12-21(18)27(24,25)15-9-10-19(26-2)17(13-15)14-7-5-4-6-8-14/h4-10,13,16,18H,3,11-12H2,1-2H3,(H,22,23). The van der Waals surface area contributed by atoms with E-state index in [1.54, 1.807) is 19.2 Å². The van der Waals surface area contributed by atoms with Gasteiger partial charge in [0.15, 0.2) is 0 Å². The molecule has 1 fully saturated rings. The Morgan fingerprint density at radius 3 is 2.52 bits per heavy atom. The molecule has 2 unspecified atom stereocenters. The number of carboxylic acid groups (broad SMARTS) is 1. The second-order valence-corrected chi connectivity index (χ2v) is 8.44. The highest BCUT2D eigenvalue weighted by atomic mass is 32.2. The number of carboxylic acids is 1. The first kappa shape index (κ1) is 19.4. The molecule has 0 aliphatic carbocycles. The molecule has 0 amide bonds. The van der Waals surface area contributed by atoms with Crippen molar-refractivity contribution in [3.8, 4) is 16.9 Å². The van der Waals surface area contributed by atoms with E-state index in [1.807, 2.05) is 37.3 Å². The molecular weight excluding hydrogens is 366 g/mol. The number of hydrogen-bond donors (Lipinski definition) is 1. The molecule has 2 aromatic carbocycles. The second-order valence-electron chi connectivity index (χ2n) is 6.55. The van der Waals surface area contributed by atoms with Crippen molar-refractivity contribution in [3.63, 3.8) is 0 Å². The van der Waals surface area contributed by atoms with Crippen LogP contribution in [0, 0.1) is 5.92 Å². The average molecular weight is 389 g/mol. The molecule has 1 aliphatic heterocycles. The summed E-state index contributed by atoms with van der Waals surface area (Å²) in [7, 11) is -2.26. The molecule has 1 N–H and O–H groups in total. The minimum atomic E-state index is -3.81. The molecule has 0 saturated carbocycles. The topological polar surface area (TPSA) is 83.9 Å². The van der Waals surface area contributed by atoms with Gasteiger partial charge in [0.25, 0.3) is 0 Å². The fourth-order valence-electron chi connectivity index (χ4n) is 3.73. The number of aliphatic carboxylic acids is 1. The summed E-state index contributed by atoms with van der Waals surface area (Å²) in [5, 5.41) is 9.39. The van der Waals surface area contributed by atoms with Crippen molar-refractivity contribution >= 4 is 16.0 Å². The van der Waals surface area contributed by atoms with Crippen LogP contribution in [-0.4, -0.2) is 43.5 Å². The summed E-state index contributed by atoms with van der Waals surface area (Å²) in [6.07, 6.45) is 0.784. The minimum Gasteiger partial charge on any atom is -0.496 e. The molecule has 6 nitrogen and oxygen atoms in total. The largest absolute Gasteiger partial charge is 0.496 e. The number of carbonyl (C=O) groups is 1. The van der Waals surface area contributed by atoms with Crippen molar-refractivity contribution in [1.82, 2.24) is 4.31 Å². The van der Waals surface area contributed by atoms with Crippen LogP contribution in [-0.2, 0) is 14.8 Å². The van der Waals surface area contributed by atoms with Crippen molar-refractivity contribution in [2.24, 2.45) is 5.92 Å².